The van der Waals surface area contributed by atoms with Gasteiger partial charge in [0.1, 0.15) is 5.52 Å². The van der Waals surface area contributed by atoms with E-state index in [-0.39, 0.29) is 24.1 Å². The highest BCUT2D eigenvalue weighted by Gasteiger charge is 2.31. The van der Waals surface area contributed by atoms with E-state index in [2.05, 4.69) is 27.1 Å². The Bertz CT molecular complexity index is 1250. The van der Waals surface area contributed by atoms with Gasteiger partial charge >= 0.3 is 12.1 Å². The number of benzene rings is 1. The Morgan fingerprint density at radius 1 is 1.08 bits per heavy atom. The number of rotatable bonds is 7. The fourth-order valence-corrected chi connectivity index (χ4v) is 4.96. The van der Waals surface area contributed by atoms with Crippen LogP contribution in [-0.2, 0) is 12.7 Å². The molecule has 0 unspecified atom stereocenters. The van der Waals surface area contributed by atoms with Crippen molar-refractivity contribution in [1.29, 1.82) is 0 Å². The minimum absolute atomic E-state index is 0.0753. The lowest BCUT2D eigenvalue weighted by Gasteiger charge is -2.32. The normalized spacial score (nSPS) is 17.7. The number of nitrogens with zero attached hydrogens (tertiary/aromatic N) is 5. The predicted molar refractivity (Wildman–Crippen MR) is 129 cm³/mol. The molecule has 8 nitrogen and oxygen atoms in total. The van der Waals surface area contributed by atoms with Gasteiger partial charge in [-0.2, -0.15) is 18.2 Å². The van der Waals surface area contributed by atoms with E-state index in [1.807, 2.05) is 4.57 Å². The summed E-state index contributed by atoms with van der Waals surface area (Å²) in [5, 5.41) is 13.0. The second-order valence-corrected chi connectivity index (χ2v) is 9.74. The number of alkyl halides is 3. The molecule has 5 rings (SSSR count). The van der Waals surface area contributed by atoms with Crippen molar-refractivity contribution < 1.29 is 23.1 Å². The van der Waals surface area contributed by atoms with Crippen LogP contribution in [0.2, 0.25) is 0 Å². The third-order valence-electron chi connectivity index (χ3n) is 7.26. The third kappa shape index (κ3) is 4.83. The number of anilines is 2. The van der Waals surface area contributed by atoms with E-state index in [0.29, 0.717) is 28.8 Å². The van der Waals surface area contributed by atoms with Crippen LogP contribution in [-0.4, -0.2) is 49.7 Å². The molecule has 11 heteroatoms. The van der Waals surface area contributed by atoms with E-state index in [4.69, 9.17) is 4.98 Å². The maximum absolute atomic E-state index is 13.1. The number of aromatic nitrogens is 4. The first-order valence-corrected chi connectivity index (χ1v) is 12.4. The first-order valence-electron chi connectivity index (χ1n) is 12.4. The van der Waals surface area contributed by atoms with Crippen molar-refractivity contribution in [3.8, 4) is 0 Å². The smallest absolute Gasteiger partial charge is 0.416 e. The zero-order valence-electron chi connectivity index (χ0n) is 20.1. The Kier molecular flexibility index (Phi) is 6.48. The Morgan fingerprint density at radius 2 is 1.78 bits per heavy atom. The molecule has 2 aromatic heterocycles. The number of hydrogen-bond donors (Lipinski definition) is 2. The molecule has 2 aliphatic rings. The van der Waals surface area contributed by atoms with Gasteiger partial charge in [0.15, 0.2) is 11.5 Å². The maximum Gasteiger partial charge on any atom is 0.416 e. The molecule has 192 valence electrons. The standard InChI is InChI=1S/C25H29F3N6O2/c1-15(17-6-5-7-17)29-20-19-21(31-22(30-20)23(35)36)32-24(33-12-3-2-4-13-33)34(19)14-16-8-10-18(11-9-16)25(26,27)28/h8-11,15,17H,2-7,12-14H2,1H3,(H,35,36)(H,29,30,31)/t15-/m1/s1. The topological polar surface area (TPSA) is 96.2 Å². The number of carbonyl (C=O) groups is 1. The predicted octanol–water partition coefficient (Wildman–Crippen LogP) is 5.18. The quantitative estimate of drug-likeness (QED) is 0.459. The molecule has 36 heavy (non-hydrogen) atoms. The van der Waals surface area contributed by atoms with Crippen LogP contribution in [0.15, 0.2) is 24.3 Å². The van der Waals surface area contributed by atoms with Crippen LogP contribution >= 0.6 is 0 Å². The van der Waals surface area contributed by atoms with Gasteiger partial charge in [0.25, 0.3) is 0 Å². The first-order chi connectivity index (χ1) is 17.2. The number of aromatic carboxylic acids is 1. The lowest BCUT2D eigenvalue weighted by Crippen LogP contribution is -2.32. The lowest BCUT2D eigenvalue weighted by atomic mass is 9.80. The molecule has 2 fully saturated rings. The number of nitrogens with one attached hydrogen (secondary N) is 1. The minimum atomic E-state index is -4.41. The van der Waals surface area contributed by atoms with Crippen LogP contribution in [0.5, 0.6) is 0 Å². The number of hydrogen-bond acceptors (Lipinski definition) is 6. The summed E-state index contributed by atoms with van der Waals surface area (Å²) in [4.78, 5) is 27.2. The molecule has 1 aliphatic carbocycles. The summed E-state index contributed by atoms with van der Waals surface area (Å²) in [6.45, 7) is 3.89. The number of halogens is 3. The number of piperidine rings is 1. The van der Waals surface area contributed by atoms with Gasteiger partial charge in [-0.15, -0.1) is 0 Å². The van der Waals surface area contributed by atoms with Gasteiger partial charge in [-0.1, -0.05) is 18.6 Å². The number of carboxylic acids is 1. The maximum atomic E-state index is 13.1. The highest BCUT2D eigenvalue weighted by molar-refractivity contribution is 5.91. The molecule has 3 aromatic rings. The second kappa shape index (κ2) is 9.59. The summed E-state index contributed by atoms with van der Waals surface area (Å²) in [6.07, 6.45) is 2.06. The average molecular weight is 503 g/mol. The molecule has 0 bridgehead atoms. The van der Waals surface area contributed by atoms with E-state index in [1.165, 1.54) is 18.6 Å². The van der Waals surface area contributed by atoms with Crippen LogP contribution in [0.4, 0.5) is 24.9 Å². The molecular weight excluding hydrogens is 473 g/mol. The summed E-state index contributed by atoms with van der Waals surface area (Å²) in [6, 6.07) is 5.15. The van der Waals surface area contributed by atoms with E-state index >= 15 is 0 Å². The van der Waals surface area contributed by atoms with Crippen LogP contribution in [0.3, 0.4) is 0 Å². The van der Waals surface area contributed by atoms with Crippen LogP contribution in [0.25, 0.3) is 11.2 Å². The SMILES string of the molecule is C[C@@H](Nc1nc(C(=O)O)nc2nc(N3CCCCC3)n(Cc3ccc(C(F)(F)F)cc3)c12)C1CCC1. The van der Waals surface area contributed by atoms with Gasteiger partial charge in [0, 0.05) is 19.1 Å². The summed E-state index contributed by atoms with van der Waals surface area (Å²) in [5.41, 5.74) is 0.787. The van der Waals surface area contributed by atoms with E-state index in [9.17, 15) is 23.1 Å². The first kappa shape index (κ1) is 24.3. The molecule has 0 radical (unpaired) electrons. The average Bonchev–Trinajstić information content (AvgIpc) is 3.16. The Balaban J connectivity index is 1.61. The Hall–Kier alpha value is -3.37. The second-order valence-electron chi connectivity index (χ2n) is 9.74. The highest BCUT2D eigenvalue weighted by atomic mass is 19.4. The molecule has 0 spiro atoms. The van der Waals surface area contributed by atoms with Crippen molar-refractivity contribution in [1.82, 2.24) is 19.5 Å². The van der Waals surface area contributed by atoms with Crippen LogP contribution < -0.4 is 10.2 Å². The molecule has 3 heterocycles. The van der Waals surface area contributed by atoms with E-state index in [1.54, 1.807) is 0 Å². The molecule has 1 aromatic carbocycles. The highest BCUT2D eigenvalue weighted by Crippen LogP contribution is 2.34. The molecule has 1 saturated carbocycles. The van der Waals surface area contributed by atoms with E-state index in [0.717, 1.165) is 57.3 Å². The van der Waals surface area contributed by atoms with Crippen molar-refractivity contribution in [2.45, 2.75) is 64.2 Å². The number of imidazole rings is 1. The van der Waals surface area contributed by atoms with Crippen LogP contribution in [0, 0.1) is 5.92 Å². The molecule has 2 N–H and O–H groups in total. The summed E-state index contributed by atoms with van der Waals surface area (Å²) < 4.78 is 41.2. The zero-order chi connectivity index (χ0) is 25.4. The van der Waals surface area contributed by atoms with Crippen molar-refractivity contribution in [3.05, 3.63) is 41.2 Å². The monoisotopic (exact) mass is 502 g/mol. The fraction of sp³-hybridized carbons (Fsp3) is 0.520. The minimum Gasteiger partial charge on any atom is -0.475 e. The van der Waals surface area contributed by atoms with E-state index < -0.39 is 17.7 Å². The van der Waals surface area contributed by atoms with Crippen molar-refractivity contribution in [3.63, 3.8) is 0 Å². The summed E-state index contributed by atoms with van der Waals surface area (Å²) >= 11 is 0. The molecule has 1 aliphatic heterocycles. The zero-order valence-corrected chi connectivity index (χ0v) is 20.1. The fourth-order valence-electron chi connectivity index (χ4n) is 4.96. The van der Waals surface area contributed by atoms with Crippen molar-refractivity contribution in [2.75, 3.05) is 23.3 Å². The molecule has 1 atom stereocenters. The van der Waals surface area contributed by atoms with Gasteiger partial charge in [-0.3, -0.25) is 0 Å². The van der Waals surface area contributed by atoms with Gasteiger partial charge in [-0.25, -0.2) is 14.8 Å². The Labute approximate surface area is 206 Å². The molecule has 1 saturated heterocycles. The molecular formula is C25H29F3N6O2. The van der Waals surface area contributed by atoms with Gasteiger partial charge < -0.3 is 19.9 Å². The number of carboxylic acid groups (broad SMARTS) is 1. The van der Waals surface area contributed by atoms with Crippen molar-refractivity contribution in [2.24, 2.45) is 5.92 Å². The third-order valence-corrected chi connectivity index (χ3v) is 7.26. The Morgan fingerprint density at radius 3 is 2.36 bits per heavy atom. The van der Waals surface area contributed by atoms with Gasteiger partial charge in [-0.05, 0) is 62.6 Å². The molecule has 0 amide bonds. The van der Waals surface area contributed by atoms with Crippen molar-refractivity contribution >= 4 is 28.9 Å². The van der Waals surface area contributed by atoms with Gasteiger partial charge in [0.2, 0.25) is 11.8 Å². The summed E-state index contributed by atoms with van der Waals surface area (Å²) in [5.74, 6) is -0.0976. The number of fused-ring (bicyclic) bond motifs is 1. The van der Waals surface area contributed by atoms with Crippen LogP contribution in [0.1, 0.15) is 67.2 Å². The summed E-state index contributed by atoms with van der Waals surface area (Å²) in [7, 11) is 0. The lowest BCUT2D eigenvalue weighted by molar-refractivity contribution is -0.137. The van der Waals surface area contributed by atoms with Gasteiger partial charge in [0.05, 0.1) is 12.1 Å². The largest absolute Gasteiger partial charge is 0.475 e.